The molecule has 2 unspecified atom stereocenters. The van der Waals surface area contributed by atoms with Crippen LogP contribution in [0.15, 0.2) is 18.2 Å². The Bertz CT molecular complexity index is 688. The van der Waals surface area contributed by atoms with Crippen LogP contribution in [0, 0.1) is 23.0 Å². The average molecular weight is 381 g/mol. The highest BCUT2D eigenvalue weighted by Crippen LogP contribution is 2.25. The van der Waals surface area contributed by atoms with Crippen LogP contribution in [-0.4, -0.2) is 37.5 Å². The van der Waals surface area contributed by atoms with Crippen LogP contribution < -0.4 is 15.5 Å². The molecule has 0 aromatic heterocycles. The van der Waals surface area contributed by atoms with Crippen molar-refractivity contribution in [2.45, 2.75) is 46.6 Å². The molecule has 150 valence electrons. The minimum Gasteiger partial charge on any atom is -0.371 e. The normalized spacial score (nSPS) is 18.3. The zero-order valence-electron chi connectivity index (χ0n) is 16.4. The Balaban J connectivity index is 1.77. The molecule has 1 aromatic carbocycles. The van der Waals surface area contributed by atoms with Gasteiger partial charge in [0.15, 0.2) is 11.6 Å². The summed E-state index contributed by atoms with van der Waals surface area (Å²) < 4.78 is 26.4. The summed E-state index contributed by atoms with van der Waals surface area (Å²) in [5.74, 6) is -1.85. The maximum atomic E-state index is 13.4. The number of benzene rings is 1. The average Bonchev–Trinajstić information content (AvgIpc) is 3.02. The molecule has 1 fully saturated rings. The van der Waals surface area contributed by atoms with Gasteiger partial charge < -0.3 is 15.5 Å². The molecule has 27 heavy (non-hydrogen) atoms. The van der Waals surface area contributed by atoms with Crippen molar-refractivity contribution in [1.82, 2.24) is 10.6 Å². The van der Waals surface area contributed by atoms with E-state index in [-0.39, 0.29) is 23.1 Å². The second kappa shape index (κ2) is 8.67. The van der Waals surface area contributed by atoms with Crippen LogP contribution in [-0.2, 0) is 9.59 Å². The van der Waals surface area contributed by atoms with Crippen LogP contribution >= 0.6 is 0 Å². The molecule has 2 rings (SSSR count). The summed E-state index contributed by atoms with van der Waals surface area (Å²) in [6.07, 6.45) is 1.21. The van der Waals surface area contributed by atoms with Crippen molar-refractivity contribution in [3.63, 3.8) is 0 Å². The fraction of sp³-hybridized carbons (Fsp3) is 0.600. The molecule has 2 amide bonds. The first kappa shape index (κ1) is 21.1. The number of hydrogen-bond donors (Lipinski definition) is 2. The van der Waals surface area contributed by atoms with Crippen LogP contribution in [0.3, 0.4) is 0 Å². The number of rotatable bonds is 6. The third-order valence-electron chi connectivity index (χ3n) is 4.58. The van der Waals surface area contributed by atoms with Crippen LogP contribution in [0.25, 0.3) is 0 Å². The van der Waals surface area contributed by atoms with Crippen LogP contribution in [0.2, 0.25) is 0 Å². The van der Waals surface area contributed by atoms with E-state index in [0.29, 0.717) is 25.2 Å². The van der Waals surface area contributed by atoms with Gasteiger partial charge in [-0.1, -0.05) is 20.8 Å². The van der Waals surface area contributed by atoms with Crippen molar-refractivity contribution in [2.24, 2.45) is 11.3 Å². The first-order valence-electron chi connectivity index (χ1n) is 9.32. The predicted octanol–water partition coefficient (Wildman–Crippen LogP) is 2.85. The third-order valence-corrected chi connectivity index (χ3v) is 4.58. The number of carbonyl (C=O) groups excluding carboxylic acids is 2. The highest BCUT2D eigenvalue weighted by atomic mass is 19.2. The molecule has 0 saturated carbocycles. The summed E-state index contributed by atoms with van der Waals surface area (Å²) >= 11 is 0. The van der Waals surface area contributed by atoms with Crippen molar-refractivity contribution >= 4 is 17.5 Å². The van der Waals surface area contributed by atoms with Crippen LogP contribution in [0.5, 0.6) is 0 Å². The number of anilines is 1. The molecule has 2 N–H and O–H groups in total. The first-order valence-corrected chi connectivity index (χ1v) is 9.32. The Labute approximate surface area is 159 Å². The smallest absolute Gasteiger partial charge is 0.242 e. The van der Waals surface area contributed by atoms with E-state index in [1.807, 2.05) is 25.7 Å². The van der Waals surface area contributed by atoms with E-state index in [9.17, 15) is 18.4 Å². The fourth-order valence-corrected chi connectivity index (χ4v) is 3.15. The Morgan fingerprint density at radius 1 is 1.26 bits per heavy atom. The van der Waals surface area contributed by atoms with E-state index in [1.165, 1.54) is 6.07 Å². The molecule has 0 bridgehead atoms. The van der Waals surface area contributed by atoms with Gasteiger partial charge in [-0.25, -0.2) is 8.78 Å². The predicted molar refractivity (Wildman–Crippen MR) is 101 cm³/mol. The Hall–Kier alpha value is -2.18. The summed E-state index contributed by atoms with van der Waals surface area (Å²) in [6, 6.07) is 3.29. The molecule has 1 aliphatic heterocycles. The van der Waals surface area contributed by atoms with E-state index < -0.39 is 17.7 Å². The first-order chi connectivity index (χ1) is 12.5. The molecule has 7 heteroatoms. The van der Waals surface area contributed by atoms with Crippen molar-refractivity contribution in [2.75, 3.05) is 24.5 Å². The van der Waals surface area contributed by atoms with E-state index >= 15 is 0 Å². The molecule has 1 aromatic rings. The van der Waals surface area contributed by atoms with Crippen molar-refractivity contribution in [3.05, 3.63) is 29.8 Å². The van der Waals surface area contributed by atoms with E-state index in [0.717, 1.165) is 19.0 Å². The van der Waals surface area contributed by atoms with Gasteiger partial charge in [0.25, 0.3) is 0 Å². The van der Waals surface area contributed by atoms with Gasteiger partial charge in [0.1, 0.15) is 6.04 Å². The van der Waals surface area contributed by atoms with Gasteiger partial charge in [-0.3, -0.25) is 9.59 Å². The van der Waals surface area contributed by atoms with Gasteiger partial charge in [-0.2, -0.15) is 0 Å². The van der Waals surface area contributed by atoms with Crippen LogP contribution in [0.1, 0.15) is 40.5 Å². The second-order valence-corrected chi connectivity index (χ2v) is 8.47. The van der Waals surface area contributed by atoms with Gasteiger partial charge >= 0.3 is 0 Å². The van der Waals surface area contributed by atoms with E-state index in [2.05, 4.69) is 10.6 Å². The zero-order chi connectivity index (χ0) is 20.2. The molecule has 1 saturated heterocycles. The van der Waals surface area contributed by atoms with Crippen molar-refractivity contribution in [1.29, 1.82) is 0 Å². The second-order valence-electron chi connectivity index (χ2n) is 8.47. The highest BCUT2D eigenvalue weighted by molar-refractivity contribution is 5.87. The van der Waals surface area contributed by atoms with Gasteiger partial charge in [-0.05, 0) is 36.8 Å². The summed E-state index contributed by atoms with van der Waals surface area (Å²) in [7, 11) is 0. The lowest BCUT2D eigenvalue weighted by atomic mass is 9.92. The van der Waals surface area contributed by atoms with Gasteiger partial charge in [0.05, 0.1) is 0 Å². The molecule has 0 aliphatic carbocycles. The van der Waals surface area contributed by atoms with Crippen molar-refractivity contribution < 1.29 is 18.4 Å². The molecule has 1 aliphatic rings. The Morgan fingerprint density at radius 3 is 2.59 bits per heavy atom. The number of amides is 2. The van der Waals surface area contributed by atoms with E-state index in [4.69, 9.17) is 0 Å². The molecule has 2 atom stereocenters. The molecular weight excluding hydrogens is 352 g/mol. The number of carbonyl (C=O) groups is 2. The molecular formula is C20H29F2N3O2. The van der Waals surface area contributed by atoms with Gasteiger partial charge in [0.2, 0.25) is 11.8 Å². The standard InChI is InChI=1S/C20H29F2N3O2/c1-13(24-18(26)10-20(2,3)4)19(27)23-11-14-7-8-25(12-14)15-5-6-16(21)17(22)9-15/h5-6,9,13-14H,7-8,10-12H2,1-4H3,(H,23,27)(H,24,26). The van der Waals surface area contributed by atoms with Gasteiger partial charge in [-0.15, -0.1) is 0 Å². The van der Waals surface area contributed by atoms with Gasteiger partial charge in [0, 0.05) is 37.8 Å². The minimum atomic E-state index is -0.857. The maximum Gasteiger partial charge on any atom is 0.242 e. The summed E-state index contributed by atoms with van der Waals surface area (Å²) in [5.41, 5.74) is 0.512. The monoisotopic (exact) mass is 381 g/mol. The SMILES string of the molecule is CC(NC(=O)CC(C)(C)C)C(=O)NCC1CCN(c2ccc(F)c(F)c2)C1. The maximum absolute atomic E-state index is 13.4. The number of halogens is 2. The lowest BCUT2D eigenvalue weighted by Gasteiger charge is -2.21. The summed E-state index contributed by atoms with van der Waals surface area (Å²) in [4.78, 5) is 26.1. The van der Waals surface area contributed by atoms with Crippen molar-refractivity contribution in [3.8, 4) is 0 Å². The quantitative estimate of drug-likeness (QED) is 0.797. The number of nitrogens with one attached hydrogen (secondary N) is 2. The Morgan fingerprint density at radius 2 is 1.96 bits per heavy atom. The Kier molecular flexibility index (Phi) is 6.78. The largest absolute Gasteiger partial charge is 0.371 e. The topological polar surface area (TPSA) is 61.4 Å². The molecule has 1 heterocycles. The summed E-state index contributed by atoms with van der Waals surface area (Å²) in [5, 5.41) is 5.59. The molecule has 0 radical (unpaired) electrons. The van der Waals surface area contributed by atoms with Crippen LogP contribution in [0.4, 0.5) is 14.5 Å². The minimum absolute atomic E-state index is 0.132. The molecule has 5 nitrogen and oxygen atoms in total. The lowest BCUT2D eigenvalue weighted by Crippen LogP contribution is -2.46. The highest BCUT2D eigenvalue weighted by Gasteiger charge is 2.25. The third kappa shape index (κ3) is 6.48. The molecule has 0 spiro atoms. The number of hydrogen-bond acceptors (Lipinski definition) is 3. The zero-order valence-corrected chi connectivity index (χ0v) is 16.4. The summed E-state index contributed by atoms with van der Waals surface area (Å²) in [6.45, 7) is 9.44. The number of nitrogens with zero attached hydrogens (tertiary/aromatic N) is 1. The fourth-order valence-electron chi connectivity index (χ4n) is 3.15. The lowest BCUT2D eigenvalue weighted by molar-refractivity contribution is -0.129. The van der Waals surface area contributed by atoms with E-state index in [1.54, 1.807) is 13.0 Å².